The van der Waals surface area contributed by atoms with E-state index < -0.39 is 35.2 Å². The number of aromatic nitrogens is 2. The average molecular weight is 546 g/mol. The number of fused-ring (bicyclic) bond motifs is 1. The van der Waals surface area contributed by atoms with Gasteiger partial charge >= 0.3 is 5.97 Å². The zero-order valence-electron chi connectivity index (χ0n) is 19.1. The Morgan fingerprint density at radius 3 is 2.81 bits per heavy atom. The minimum absolute atomic E-state index is 0.0611. The number of nitrogens with zero attached hydrogens (tertiary/aromatic N) is 5. The fraction of sp³-hybridized carbons (Fsp3) is 0.333. The highest BCUT2D eigenvalue weighted by atomic mass is 32.2. The highest BCUT2D eigenvalue weighted by Crippen LogP contribution is 2.41. The number of hydrogen-bond donors (Lipinski definition) is 3. The molecule has 3 aliphatic heterocycles. The Hall–Kier alpha value is -4.05. The highest BCUT2D eigenvalue weighted by molar-refractivity contribution is 8.00. The minimum Gasteiger partial charge on any atom is -0.477 e. The van der Waals surface area contributed by atoms with Crippen LogP contribution in [0.3, 0.4) is 0 Å². The molecule has 0 radical (unpaired) electrons. The van der Waals surface area contributed by atoms with Gasteiger partial charge in [-0.25, -0.2) is 9.78 Å². The molecule has 3 atom stereocenters. The molecule has 2 aromatic heterocycles. The molecule has 37 heavy (non-hydrogen) atoms. The molecule has 0 saturated carbocycles. The van der Waals surface area contributed by atoms with Crippen molar-refractivity contribution in [3.8, 4) is 0 Å². The quantitative estimate of drug-likeness (QED) is 0.254. The van der Waals surface area contributed by atoms with Crippen molar-refractivity contribution in [3.63, 3.8) is 0 Å². The summed E-state index contributed by atoms with van der Waals surface area (Å²) in [7, 11) is 0. The number of rotatable bonds is 7. The number of carbonyl (C=O) groups excluding carboxylic acids is 3. The lowest BCUT2D eigenvalue weighted by atomic mass is 10.0. The van der Waals surface area contributed by atoms with Crippen molar-refractivity contribution in [2.24, 2.45) is 5.18 Å². The summed E-state index contributed by atoms with van der Waals surface area (Å²) in [6, 6.07) is -0.922. The van der Waals surface area contributed by atoms with E-state index in [1.807, 2.05) is 0 Å². The zero-order chi connectivity index (χ0) is 26.4. The van der Waals surface area contributed by atoms with Gasteiger partial charge in [-0.15, -0.1) is 28.0 Å². The molecule has 0 aromatic carbocycles. The van der Waals surface area contributed by atoms with Gasteiger partial charge in [-0.05, 0) is 30.2 Å². The van der Waals surface area contributed by atoms with Crippen LogP contribution in [0.25, 0.3) is 0 Å². The number of β-lactam (4-membered cyclic amide) rings is 1. The Labute approximate surface area is 216 Å². The second kappa shape index (κ2) is 9.44. The summed E-state index contributed by atoms with van der Waals surface area (Å²) >= 11 is 2.27. The van der Waals surface area contributed by atoms with Crippen molar-refractivity contribution in [2.45, 2.75) is 30.8 Å². The number of carboxylic acids is 1. The van der Waals surface area contributed by atoms with E-state index in [2.05, 4.69) is 20.6 Å². The molecule has 2 unspecified atom stereocenters. The number of anilines is 2. The summed E-state index contributed by atoms with van der Waals surface area (Å²) in [5.74, 6) is -2.06. The number of nitroso groups, excluding NO2 is 1. The van der Waals surface area contributed by atoms with E-state index in [-0.39, 0.29) is 28.2 Å². The number of nitrogens with two attached hydrogens (primary N) is 1. The number of carbonyl (C=O) groups is 4. The number of nitrogens with one attached hydrogen (secondary N) is 1. The Morgan fingerprint density at radius 2 is 2.19 bits per heavy atom. The third-order valence-corrected chi connectivity index (χ3v) is 8.03. The van der Waals surface area contributed by atoms with Gasteiger partial charge in [0.05, 0.1) is 5.69 Å². The van der Waals surface area contributed by atoms with Crippen molar-refractivity contribution in [1.29, 1.82) is 0 Å². The van der Waals surface area contributed by atoms with Gasteiger partial charge in [0, 0.05) is 29.3 Å². The molecule has 3 aliphatic rings. The van der Waals surface area contributed by atoms with Crippen LogP contribution in [-0.4, -0.2) is 67.6 Å². The number of carboxylic acid groups (broad SMARTS) is 1. The lowest BCUT2D eigenvalue weighted by Crippen LogP contribution is -2.70. The van der Waals surface area contributed by atoms with Crippen LogP contribution in [0.5, 0.6) is 0 Å². The number of thioether (sulfide) groups is 1. The fourth-order valence-electron chi connectivity index (χ4n) is 4.31. The Balaban J connectivity index is 1.34. The van der Waals surface area contributed by atoms with Crippen LogP contribution in [0.2, 0.25) is 0 Å². The first-order valence-corrected chi connectivity index (χ1v) is 12.8. The predicted octanol–water partition coefficient (Wildman–Crippen LogP) is 0.931. The second-order valence-electron chi connectivity index (χ2n) is 8.37. The molecule has 0 bridgehead atoms. The second-order valence-corrected chi connectivity index (χ2v) is 10.4. The van der Waals surface area contributed by atoms with Gasteiger partial charge in [0.15, 0.2) is 10.9 Å². The summed E-state index contributed by atoms with van der Waals surface area (Å²) in [6.07, 6.45) is 1.86. The molecule has 2 fully saturated rings. The van der Waals surface area contributed by atoms with Crippen molar-refractivity contribution in [1.82, 2.24) is 20.4 Å². The lowest BCUT2D eigenvalue weighted by Gasteiger charge is -2.49. The molecule has 16 heteroatoms. The van der Waals surface area contributed by atoms with Crippen molar-refractivity contribution in [3.05, 3.63) is 50.7 Å². The van der Waals surface area contributed by atoms with Crippen LogP contribution in [-0.2, 0) is 19.2 Å². The van der Waals surface area contributed by atoms with Crippen LogP contribution in [0, 0.1) is 11.8 Å². The summed E-state index contributed by atoms with van der Waals surface area (Å²) in [5.41, 5.74) is 6.04. The third-order valence-electron chi connectivity index (χ3n) is 6.04. The number of thiazole rings is 1. The Bertz CT molecular complexity index is 1400. The van der Waals surface area contributed by atoms with E-state index in [0.717, 1.165) is 16.2 Å². The first kappa shape index (κ1) is 24.6. The van der Waals surface area contributed by atoms with Crippen LogP contribution in [0.15, 0.2) is 44.1 Å². The molecule has 0 aliphatic carbocycles. The number of nitrogen functional groups attached to an aromatic ring is 1. The largest absolute Gasteiger partial charge is 0.477 e. The first-order chi connectivity index (χ1) is 17.7. The fourth-order valence-corrected chi connectivity index (χ4v) is 6.19. The number of hydrogen-bond acceptors (Lipinski definition) is 12. The monoisotopic (exact) mass is 545 g/mol. The van der Waals surface area contributed by atoms with Gasteiger partial charge in [-0.3, -0.25) is 24.2 Å². The van der Waals surface area contributed by atoms with Gasteiger partial charge in [0.2, 0.25) is 6.04 Å². The maximum Gasteiger partial charge on any atom is 0.352 e. The van der Waals surface area contributed by atoms with Crippen LogP contribution >= 0.6 is 23.1 Å². The number of amides is 3. The van der Waals surface area contributed by atoms with E-state index in [4.69, 9.17) is 10.3 Å². The zero-order valence-corrected chi connectivity index (χ0v) is 20.7. The van der Waals surface area contributed by atoms with Gasteiger partial charge < -0.3 is 20.7 Å². The van der Waals surface area contributed by atoms with Gasteiger partial charge in [-0.2, -0.15) is 0 Å². The molecule has 14 nitrogen and oxygen atoms in total. The van der Waals surface area contributed by atoms with Crippen molar-refractivity contribution in [2.75, 3.05) is 22.9 Å². The van der Waals surface area contributed by atoms with E-state index in [1.54, 1.807) is 13.0 Å². The third kappa shape index (κ3) is 4.27. The molecule has 0 spiro atoms. The number of aryl methyl sites for hydroxylation is 1. The minimum atomic E-state index is -1.50. The molecule has 3 amide bonds. The first-order valence-electron chi connectivity index (χ1n) is 10.9. The van der Waals surface area contributed by atoms with Gasteiger partial charge in [0.25, 0.3) is 17.7 Å². The average Bonchev–Trinajstić information content (AvgIpc) is 3.58. The molecule has 5 heterocycles. The predicted molar refractivity (Wildman–Crippen MR) is 131 cm³/mol. The maximum atomic E-state index is 12.9. The maximum absolute atomic E-state index is 12.9. The topological polar surface area (TPSA) is 201 Å². The Morgan fingerprint density at radius 1 is 1.41 bits per heavy atom. The lowest BCUT2D eigenvalue weighted by molar-refractivity contribution is -0.150. The SMILES string of the molecule is Cc1cc(N2CCC(=CC3=C(C(=O)O)N4C(=O)[C@@H](NC(=O)C(N=O)c5csc(N)n5)C4SC3)C2=O)no1. The van der Waals surface area contributed by atoms with Gasteiger partial charge in [-0.1, -0.05) is 5.16 Å². The normalized spacial score (nSPS) is 23.2. The number of allylic oxidation sites excluding steroid dienone is 1. The summed E-state index contributed by atoms with van der Waals surface area (Å²) < 4.78 is 5.03. The standard InChI is InChI=1S/C21H19N7O7S2/c1-8-4-12(26-35-8)27-3-2-9(17(27)30)5-10-6-36-19-14(18(31)28(19)15(10)20(32)33)24-16(29)13(25-34)11-7-37-21(22)23-11/h4-5,7,13-14,19H,2-3,6H2,1H3,(H2,22,23)(H,24,29)(H,32,33)/t13?,14-,19?/m1/s1. The smallest absolute Gasteiger partial charge is 0.352 e. The van der Waals surface area contributed by atoms with E-state index >= 15 is 0 Å². The van der Waals surface area contributed by atoms with E-state index in [0.29, 0.717) is 35.7 Å². The van der Waals surface area contributed by atoms with E-state index in [1.165, 1.54) is 28.1 Å². The molecular formula is C21H19N7O7S2. The van der Waals surface area contributed by atoms with E-state index in [9.17, 15) is 29.2 Å². The number of aliphatic carboxylic acids is 1. The molecular weight excluding hydrogens is 526 g/mol. The van der Waals surface area contributed by atoms with Gasteiger partial charge in [0.1, 0.15) is 22.9 Å². The molecule has 2 aromatic rings. The molecule has 2 saturated heterocycles. The molecule has 192 valence electrons. The Kier molecular flexibility index (Phi) is 6.28. The summed E-state index contributed by atoms with van der Waals surface area (Å²) in [4.78, 5) is 68.3. The molecule has 5 rings (SSSR count). The summed E-state index contributed by atoms with van der Waals surface area (Å²) in [5, 5.41) is 19.9. The summed E-state index contributed by atoms with van der Waals surface area (Å²) in [6.45, 7) is 2.06. The van der Waals surface area contributed by atoms with Crippen molar-refractivity contribution >= 4 is 57.7 Å². The van der Waals surface area contributed by atoms with Crippen LogP contribution < -0.4 is 16.0 Å². The molecule has 4 N–H and O–H groups in total. The highest BCUT2D eigenvalue weighted by Gasteiger charge is 2.54. The van der Waals surface area contributed by atoms with Crippen LogP contribution in [0.1, 0.15) is 23.9 Å². The van der Waals surface area contributed by atoms with Crippen molar-refractivity contribution < 1.29 is 28.8 Å². The van der Waals surface area contributed by atoms with Crippen LogP contribution in [0.4, 0.5) is 10.9 Å².